The van der Waals surface area contributed by atoms with Crippen LogP contribution in [0.5, 0.6) is 11.5 Å². The monoisotopic (exact) mass is 292 g/mol. The highest BCUT2D eigenvalue weighted by atomic mass is 32.2. The zero-order valence-electron chi connectivity index (χ0n) is 10.8. The Balaban J connectivity index is 2.68. The summed E-state index contributed by atoms with van der Waals surface area (Å²) in [6, 6.07) is 2.76. The van der Waals surface area contributed by atoms with Gasteiger partial charge in [0.05, 0.1) is 20.0 Å². The normalized spacial score (nSPS) is 11.4. The van der Waals surface area contributed by atoms with Crippen molar-refractivity contribution in [2.45, 2.75) is 19.3 Å². The van der Waals surface area contributed by atoms with Crippen molar-refractivity contribution in [1.82, 2.24) is 0 Å². The molecule has 0 aromatic heterocycles. The standard InChI is InChI=1S/C12H17FO5S/c1-17-11-7-9(10(13)8-12(11)18-2)5-3-4-6-19(14,15)16/h7-8H,3-6H2,1-2H3,(H,14,15,16). The molecule has 0 saturated heterocycles. The van der Waals surface area contributed by atoms with Gasteiger partial charge in [0.25, 0.3) is 10.1 Å². The number of methoxy groups -OCH3 is 2. The summed E-state index contributed by atoms with van der Waals surface area (Å²) in [7, 11) is -1.07. The Morgan fingerprint density at radius 2 is 1.74 bits per heavy atom. The summed E-state index contributed by atoms with van der Waals surface area (Å²) in [6.45, 7) is 0. The van der Waals surface area contributed by atoms with Crippen molar-refractivity contribution in [2.24, 2.45) is 0 Å². The van der Waals surface area contributed by atoms with E-state index in [0.717, 1.165) is 0 Å². The molecule has 0 aliphatic heterocycles. The second-order valence-corrected chi connectivity index (χ2v) is 5.61. The molecule has 0 fully saturated rings. The number of ether oxygens (including phenoxy) is 2. The van der Waals surface area contributed by atoms with E-state index in [1.807, 2.05) is 0 Å². The number of aryl methyl sites for hydroxylation is 1. The fourth-order valence-corrected chi connectivity index (χ4v) is 2.26. The van der Waals surface area contributed by atoms with E-state index in [4.69, 9.17) is 14.0 Å². The molecule has 7 heteroatoms. The van der Waals surface area contributed by atoms with Gasteiger partial charge < -0.3 is 9.47 Å². The van der Waals surface area contributed by atoms with Gasteiger partial charge in [0.15, 0.2) is 11.5 Å². The van der Waals surface area contributed by atoms with Crippen LogP contribution in [0.25, 0.3) is 0 Å². The molecule has 0 saturated carbocycles. The number of halogens is 1. The molecule has 0 radical (unpaired) electrons. The molecule has 0 aliphatic rings. The Morgan fingerprint density at radius 1 is 1.16 bits per heavy atom. The molecule has 1 rings (SSSR count). The number of hydrogen-bond donors (Lipinski definition) is 1. The Morgan fingerprint density at radius 3 is 2.26 bits per heavy atom. The number of unbranched alkanes of at least 4 members (excludes halogenated alkanes) is 1. The lowest BCUT2D eigenvalue weighted by molar-refractivity contribution is 0.351. The van der Waals surface area contributed by atoms with Gasteiger partial charge in [-0.1, -0.05) is 0 Å². The van der Waals surface area contributed by atoms with Crippen LogP contribution < -0.4 is 9.47 Å². The van der Waals surface area contributed by atoms with Crippen LogP contribution in [0, 0.1) is 5.82 Å². The smallest absolute Gasteiger partial charge is 0.264 e. The van der Waals surface area contributed by atoms with E-state index in [0.29, 0.717) is 29.9 Å². The second kappa shape index (κ2) is 6.72. The molecule has 108 valence electrons. The van der Waals surface area contributed by atoms with Gasteiger partial charge in [-0.3, -0.25) is 4.55 Å². The Hall–Kier alpha value is -1.34. The molecular formula is C12H17FO5S. The van der Waals surface area contributed by atoms with E-state index in [1.54, 1.807) is 0 Å². The van der Waals surface area contributed by atoms with E-state index >= 15 is 0 Å². The quantitative estimate of drug-likeness (QED) is 0.615. The Bertz CT molecular complexity index is 527. The zero-order chi connectivity index (χ0) is 14.5. The minimum atomic E-state index is -3.95. The van der Waals surface area contributed by atoms with E-state index in [1.165, 1.54) is 26.4 Å². The van der Waals surface area contributed by atoms with Gasteiger partial charge in [0.1, 0.15) is 5.82 Å². The fourth-order valence-electron chi connectivity index (χ4n) is 1.69. The Labute approximate surface area is 112 Å². The average molecular weight is 292 g/mol. The third-order valence-electron chi connectivity index (χ3n) is 2.65. The van der Waals surface area contributed by atoms with Crippen LogP contribution in [0.1, 0.15) is 18.4 Å². The van der Waals surface area contributed by atoms with Gasteiger partial charge in [0, 0.05) is 6.07 Å². The molecule has 0 aliphatic carbocycles. The van der Waals surface area contributed by atoms with Gasteiger partial charge in [-0.15, -0.1) is 0 Å². The van der Waals surface area contributed by atoms with Crippen LogP contribution in [-0.4, -0.2) is 32.9 Å². The highest BCUT2D eigenvalue weighted by Crippen LogP contribution is 2.30. The molecule has 19 heavy (non-hydrogen) atoms. The van der Waals surface area contributed by atoms with E-state index < -0.39 is 15.9 Å². The molecule has 0 unspecified atom stereocenters. The molecule has 0 bridgehead atoms. The van der Waals surface area contributed by atoms with Crippen molar-refractivity contribution in [3.05, 3.63) is 23.5 Å². The van der Waals surface area contributed by atoms with Crippen LogP contribution in [0.3, 0.4) is 0 Å². The molecule has 0 heterocycles. The number of hydrogen-bond acceptors (Lipinski definition) is 4. The number of rotatable bonds is 7. The van der Waals surface area contributed by atoms with Crippen molar-refractivity contribution in [2.75, 3.05) is 20.0 Å². The highest BCUT2D eigenvalue weighted by Gasteiger charge is 2.11. The van der Waals surface area contributed by atoms with Crippen molar-refractivity contribution < 1.29 is 26.8 Å². The average Bonchev–Trinajstić information content (AvgIpc) is 2.34. The lowest BCUT2D eigenvalue weighted by Gasteiger charge is -2.10. The zero-order valence-corrected chi connectivity index (χ0v) is 11.7. The second-order valence-electron chi connectivity index (χ2n) is 4.04. The van der Waals surface area contributed by atoms with Gasteiger partial charge in [0.2, 0.25) is 0 Å². The SMILES string of the molecule is COc1cc(F)c(CCCCS(=O)(=O)O)cc1OC. The molecule has 0 amide bonds. The minimum Gasteiger partial charge on any atom is -0.493 e. The molecule has 0 spiro atoms. The maximum absolute atomic E-state index is 13.7. The minimum absolute atomic E-state index is 0.270. The first-order valence-corrected chi connectivity index (χ1v) is 7.34. The van der Waals surface area contributed by atoms with Crippen LogP contribution in [0.4, 0.5) is 4.39 Å². The summed E-state index contributed by atoms with van der Waals surface area (Å²) >= 11 is 0. The van der Waals surface area contributed by atoms with Crippen molar-refractivity contribution >= 4 is 10.1 Å². The molecule has 5 nitrogen and oxygen atoms in total. The summed E-state index contributed by atoms with van der Waals surface area (Å²) in [5.41, 5.74) is 0.424. The largest absolute Gasteiger partial charge is 0.493 e. The van der Waals surface area contributed by atoms with E-state index in [2.05, 4.69) is 0 Å². The number of benzene rings is 1. The summed E-state index contributed by atoms with van der Waals surface area (Å²) in [4.78, 5) is 0. The third kappa shape index (κ3) is 5.04. The lowest BCUT2D eigenvalue weighted by atomic mass is 10.1. The molecule has 1 aromatic carbocycles. The van der Waals surface area contributed by atoms with Gasteiger partial charge in [-0.25, -0.2) is 4.39 Å². The molecule has 0 atom stereocenters. The van der Waals surface area contributed by atoms with Crippen LogP contribution >= 0.6 is 0 Å². The van der Waals surface area contributed by atoms with E-state index in [-0.39, 0.29) is 12.2 Å². The maximum atomic E-state index is 13.7. The van der Waals surface area contributed by atoms with Crippen molar-refractivity contribution in [3.8, 4) is 11.5 Å². The van der Waals surface area contributed by atoms with Crippen molar-refractivity contribution in [1.29, 1.82) is 0 Å². The van der Waals surface area contributed by atoms with Gasteiger partial charge in [-0.2, -0.15) is 8.42 Å². The highest BCUT2D eigenvalue weighted by molar-refractivity contribution is 7.85. The lowest BCUT2D eigenvalue weighted by Crippen LogP contribution is -2.04. The first-order chi connectivity index (χ1) is 8.87. The van der Waals surface area contributed by atoms with Crippen LogP contribution in [-0.2, 0) is 16.5 Å². The van der Waals surface area contributed by atoms with Crippen LogP contribution in [0.2, 0.25) is 0 Å². The predicted molar refractivity (Wildman–Crippen MR) is 68.9 cm³/mol. The predicted octanol–water partition coefficient (Wildman–Crippen LogP) is 2.05. The molecule has 1 aromatic rings. The molecule has 1 N–H and O–H groups in total. The fraction of sp³-hybridized carbons (Fsp3) is 0.500. The topological polar surface area (TPSA) is 72.8 Å². The van der Waals surface area contributed by atoms with Gasteiger partial charge >= 0.3 is 0 Å². The van der Waals surface area contributed by atoms with Gasteiger partial charge in [-0.05, 0) is 30.9 Å². The summed E-state index contributed by atoms with van der Waals surface area (Å²) in [6.07, 6.45) is 1.08. The van der Waals surface area contributed by atoms with Crippen LogP contribution in [0.15, 0.2) is 12.1 Å². The summed E-state index contributed by atoms with van der Waals surface area (Å²) in [5.74, 6) is -0.0121. The first kappa shape index (κ1) is 15.7. The Kier molecular flexibility index (Phi) is 5.56. The third-order valence-corrected chi connectivity index (χ3v) is 3.46. The first-order valence-electron chi connectivity index (χ1n) is 5.73. The maximum Gasteiger partial charge on any atom is 0.264 e. The summed E-state index contributed by atoms with van der Waals surface area (Å²) < 4.78 is 53.4. The summed E-state index contributed by atoms with van der Waals surface area (Å²) in [5, 5.41) is 0. The van der Waals surface area contributed by atoms with E-state index in [9.17, 15) is 12.8 Å². The molecular weight excluding hydrogens is 275 g/mol. The van der Waals surface area contributed by atoms with Crippen molar-refractivity contribution in [3.63, 3.8) is 0 Å².